The molecule has 0 unspecified atom stereocenters. The Kier molecular flexibility index (Phi) is 3.17. The van der Waals surface area contributed by atoms with Gasteiger partial charge in [0.25, 0.3) is 0 Å². The summed E-state index contributed by atoms with van der Waals surface area (Å²) in [5.41, 5.74) is 6.54. The first-order valence-corrected chi connectivity index (χ1v) is 7.04. The minimum Gasteiger partial charge on any atom is -0.0836 e. The Morgan fingerprint density at radius 2 is 1.39 bits per heavy atom. The number of benzene rings is 1. The van der Waals surface area contributed by atoms with Gasteiger partial charge >= 0.3 is 0 Å². The van der Waals surface area contributed by atoms with E-state index in [0.717, 1.165) is 0 Å². The summed E-state index contributed by atoms with van der Waals surface area (Å²) in [5, 5.41) is 0. The Morgan fingerprint density at radius 1 is 0.833 bits per heavy atom. The van der Waals surface area contributed by atoms with E-state index in [1.54, 1.807) is 5.56 Å². The lowest BCUT2D eigenvalue weighted by atomic mass is 9.74. The van der Waals surface area contributed by atoms with Crippen LogP contribution >= 0.6 is 0 Å². The smallest absolute Gasteiger partial charge is 0.0126 e. The van der Waals surface area contributed by atoms with Gasteiger partial charge < -0.3 is 0 Å². The zero-order valence-electron chi connectivity index (χ0n) is 12.7. The van der Waals surface area contributed by atoms with Crippen molar-refractivity contribution in [2.75, 3.05) is 0 Å². The maximum atomic E-state index is 2.36. The van der Waals surface area contributed by atoms with Crippen molar-refractivity contribution < 1.29 is 0 Å². The van der Waals surface area contributed by atoms with Crippen molar-refractivity contribution in [1.29, 1.82) is 0 Å². The molecule has 0 aromatic heterocycles. The monoisotopic (exact) mass is 242 g/mol. The minimum absolute atomic E-state index is 0.224. The normalized spacial score (nSPS) is 15.7. The zero-order chi connectivity index (χ0) is 13.6. The standard InChI is InChI=1S/C18H26/c1-17(2,3)15-11-12-16(18(4,5)6)14-10-8-7-9-13(14)15/h7,9,11-12H,8,10H2,1-6H3. The lowest BCUT2D eigenvalue weighted by Gasteiger charge is -2.31. The Balaban J connectivity index is 2.69. The van der Waals surface area contributed by atoms with Gasteiger partial charge in [0.2, 0.25) is 0 Å². The highest BCUT2D eigenvalue weighted by molar-refractivity contribution is 5.64. The van der Waals surface area contributed by atoms with Crippen molar-refractivity contribution in [1.82, 2.24) is 0 Å². The van der Waals surface area contributed by atoms with E-state index >= 15 is 0 Å². The van der Waals surface area contributed by atoms with Gasteiger partial charge in [0.15, 0.2) is 0 Å². The molecule has 1 aliphatic carbocycles. The average Bonchev–Trinajstić information content (AvgIpc) is 2.24. The third kappa shape index (κ3) is 2.39. The van der Waals surface area contributed by atoms with Gasteiger partial charge in [-0.3, -0.25) is 0 Å². The van der Waals surface area contributed by atoms with E-state index in [1.807, 2.05) is 0 Å². The Labute approximate surface area is 112 Å². The molecular weight excluding hydrogens is 216 g/mol. The molecule has 0 heteroatoms. The number of hydrogen-bond donors (Lipinski definition) is 0. The Hall–Kier alpha value is -1.04. The van der Waals surface area contributed by atoms with E-state index in [4.69, 9.17) is 0 Å². The van der Waals surface area contributed by atoms with E-state index in [1.165, 1.54) is 29.5 Å². The molecule has 0 N–H and O–H groups in total. The van der Waals surface area contributed by atoms with Crippen molar-refractivity contribution in [3.63, 3.8) is 0 Å². The first-order valence-electron chi connectivity index (χ1n) is 7.04. The van der Waals surface area contributed by atoms with Crippen LogP contribution in [0.15, 0.2) is 18.2 Å². The van der Waals surface area contributed by atoms with Gasteiger partial charge in [-0.15, -0.1) is 0 Å². The van der Waals surface area contributed by atoms with Gasteiger partial charge in [0, 0.05) is 0 Å². The van der Waals surface area contributed by atoms with Gasteiger partial charge in [-0.25, -0.2) is 0 Å². The maximum Gasteiger partial charge on any atom is -0.0126 e. The topological polar surface area (TPSA) is 0 Å². The molecule has 1 aliphatic rings. The fourth-order valence-electron chi connectivity index (χ4n) is 2.91. The number of allylic oxidation sites excluding steroid dienone is 1. The molecule has 0 saturated heterocycles. The molecule has 18 heavy (non-hydrogen) atoms. The Bertz CT molecular complexity index is 476. The molecule has 1 aromatic carbocycles. The molecule has 0 heterocycles. The lowest BCUT2D eigenvalue weighted by molar-refractivity contribution is 0.567. The molecule has 2 rings (SSSR count). The van der Waals surface area contributed by atoms with E-state index < -0.39 is 0 Å². The van der Waals surface area contributed by atoms with E-state index in [9.17, 15) is 0 Å². The lowest BCUT2D eigenvalue weighted by Crippen LogP contribution is -2.20. The fourth-order valence-corrected chi connectivity index (χ4v) is 2.91. The van der Waals surface area contributed by atoms with Crippen LogP contribution in [0.4, 0.5) is 0 Å². The third-order valence-electron chi connectivity index (χ3n) is 3.82. The largest absolute Gasteiger partial charge is 0.0836 e. The van der Waals surface area contributed by atoms with Crippen LogP contribution in [0.25, 0.3) is 6.08 Å². The van der Waals surface area contributed by atoms with Crippen LogP contribution in [0.3, 0.4) is 0 Å². The fraction of sp³-hybridized carbons (Fsp3) is 0.556. The van der Waals surface area contributed by atoms with Gasteiger partial charge in [0.1, 0.15) is 0 Å². The van der Waals surface area contributed by atoms with Crippen molar-refractivity contribution in [2.24, 2.45) is 0 Å². The summed E-state index contributed by atoms with van der Waals surface area (Å²) in [6.45, 7) is 13.9. The Morgan fingerprint density at radius 3 is 1.94 bits per heavy atom. The molecule has 0 atom stereocenters. The molecule has 0 radical (unpaired) electrons. The van der Waals surface area contributed by atoms with Gasteiger partial charge in [0.05, 0.1) is 0 Å². The van der Waals surface area contributed by atoms with Gasteiger partial charge in [-0.1, -0.05) is 65.8 Å². The molecule has 1 aromatic rings. The first-order chi connectivity index (χ1) is 8.21. The average molecular weight is 242 g/mol. The minimum atomic E-state index is 0.224. The zero-order valence-corrected chi connectivity index (χ0v) is 12.7. The van der Waals surface area contributed by atoms with Crippen LogP contribution in [-0.4, -0.2) is 0 Å². The number of rotatable bonds is 0. The maximum absolute atomic E-state index is 2.36. The van der Waals surface area contributed by atoms with Crippen molar-refractivity contribution in [3.8, 4) is 0 Å². The van der Waals surface area contributed by atoms with Crippen LogP contribution in [-0.2, 0) is 17.3 Å². The molecule has 0 spiro atoms. The highest BCUT2D eigenvalue weighted by Gasteiger charge is 2.25. The predicted octanol–water partition coefficient (Wildman–Crippen LogP) is 5.24. The van der Waals surface area contributed by atoms with Gasteiger partial charge in [-0.2, -0.15) is 0 Å². The summed E-state index contributed by atoms with van der Waals surface area (Å²) < 4.78 is 0. The molecule has 0 bridgehead atoms. The molecule has 0 fully saturated rings. The van der Waals surface area contributed by atoms with E-state index in [-0.39, 0.29) is 10.8 Å². The molecular formula is C18H26. The summed E-state index contributed by atoms with van der Waals surface area (Å²) in [4.78, 5) is 0. The third-order valence-corrected chi connectivity index (χ3v) is 3.82. The van der Waals surface area contributed by atoms with E-state index in [2.05, 4.69) is 65.8 Å². The van der Waals surface area contributed by atoms with Crippen LogP contribution in [0, 0.1) is 0 Å². The molecule has 0 nitrogen and oxygen atoms in total. The second-order valence-corrected chi connectivity index (χ2v) is 7.49. The molecule has 0 aliphatic heterocycles. The highest BCUT2D eigenvalue weighted by Crippen LogP contribution is 2.37. The summed E-state index contributed by atoms with van der Waals surface area (Å²) in [6, 6.07) is 4.70. The molecule has 0 amide bonds. The van der Waals surface area contributed by atoms with Crippen molar-refractivity contribution >= 4 is 6.08 Å². The van der Waals surface area contributed by atoms with Crippen LogP contribution in [0.5, 0.6) is 0 Å². The second kappa shape index (κ2) is 4.26. The summed E-state index contributed by atoms with van der Waals surface area (Å²) in [7, 11) is 0. The summed E-state index contributed by atoms with van der Waals surface area (Å²) in [6.07, 6.45) is 7.05. The van der Waals surface area contributed by atoms with Crippen LogP contribution in [0.2, 0.25) is 0 Å². The second-order valence-electron chi connectivity index (χ2n) is 7.49. The quantitative estimate of drug-likeness (QED) is 0.583. The first kappa shape index (κ1) is 13.4. The number of fused-ring (bicyclic) bond motifs is 1. The predicted molar refractivity (Wildman–Crippen MR) is 81.2 cm³/mol. The van der Waals surface area contributed by atoms with Crippen LogP contribution in [0.1, 0.15) is 70.2 Å². The number of hydrogen-bond acceptors (Lipinski definition) is 0. The summed E-state index contributed by atoms with van der Waals surface area (Å²) >= 11 is 0. The van der Waals surface area contributed by atoms with E-state index in [0.29, 0.717) is 0 Å². The van der Waals surface area contributed by atoms with Crippen molar-refractivity contribution in [2.45, 2.75) is 65.2 Å². The highest BCUT2D eigenvalue weighted by atomic mass is 14.3. The molecule has 98 valence electrons. The van der Waals surface area contributed by atoms with Gasteiger partial charge in [-0.05, 0) is 45.9 Å². The van der Waals surface area contributed by atoms with Crippen molar-refractivity contribution in [3.05, 3.63) is 40.5 Å². The molecule has 0 saturated carbocycles. The summed E-state index contributed by atoms with van der Waals surface area (Å²) in [5.74, 6) is 0. The SMILES string of the molecule is CC(C)(C)c1ccc(C(C)(C)C)c2c1C=CCC2. The van der Waals surface area contributed by atoms with Crippen LogP contribution < -0.4 is 0 Å².